The van der Waals surface area contributed by atoms with Crippen LogP contribution in [0.1, 0.15) is 13.8 Å². The molecule has 0 aromatic rings. The highest BCUT2D eigenvalue weighted by Crippen LogP contribution is 1.95. The highest BCUT2D eigenvalue weighted by atomic mass is 14.9. The highest BCUT2D eigenvalue weighted by molar-refractivity contribution is 5.87. The maximum Gasteiger partial charge on any atom is 0.124 e. The molecule has 0 amide bonds. The second-order valence-electron chi connectivity index (χ2n) is 1.89. The maximum absolute atomic E-state index is 3.89. The average Bonchev–Trinajstić information content (AvgIpc) is 1.69. The van der Waals surface area contributed by atoms with Gasteiger partial charge in [-0.05, 0) is 6.72 Å². The molecule has 2 nitrogen and oxygen atoms in total. The third kappa shape index (κ3) is 1.87. The van der Waals surface area contributed by atoms with Crippen LogP contribution in [0.25, 0.3) is 0 Å². The minimum absolute atomic E-state index is 0.400. The van der Waals surface area contributed by atoms with E-state index in [0.29, 0.717) is 5.92 Å². The van der Waals surface area contributed by atoms with E-state index < -0.39 is 0 Å². The molecule has 46 valence electrons. The molecule has 0 heterocycles. The van der Waals surface area contributed by atoms with Crippen LogP contribution in [-0.4, -0.2) is 19.6 Å². The van der Waals surface area contributed by atoms with Crippen molar-refractivity contribution in [3.8, 4) is 0 Å². The summed E-state index contributed by atoms with van der Waals surface area (Å²) in [5, 5.41) is 0. The molecule has 0 saturated carbocycles. The van der Waals surface area contributed by atoms with Crippen LogP contribution in [0.5, 0.6) is 0 Å². The van der Waals surface area contributed by atoms with Gasteiger partial charge >= 0.3 is 0 Å². The van der Waals surface area contributed by atoms with Crippen molar-refractivity contribution in [2.45, 2.75) is 13.8 Å². The summed E-state index contributed by atoms with van der Waals surface area (Å²) in [6.07, 6.45) is 0. The van der Waals surface area contributed by atoms with Crippen LogP contribution in [0, 0.1) is 5.92 Å². The Balaban J connectivity index is 3.91. The summed E-state index contributed by atoms with van der Waals surface area (Å²) in [5.74, 6) is 1.22. The molecule has 0 spiro atoms. The largest absolute Gasteiger partial charge is 0.274 e. The first kappa shape index (κ1) is 7.34. The summed E-state index contributed by atoms with van der Waals surface area (Å²) in [6, 6.07) is 0. The van der Waals surface area contributed by atoms with E-state index in [4.69, 9.17) is 0 Å². The third-order valence-electron chi connectivity index (χ3n) is 0.907. The van der Waals surface area contributed by atoms with Gasteiger partial charge in [-0.1, -0.05) is 13.8 Å². The van der Waals surface area contributed by atoms with E-state index in [1.54, 1.807) is 7.05 Å². The third-order valence-corrected chi connectivity index (χ3v) is 0.907. The molecule has 0 fully saturated rings. The van der Waals surface area contributed by atoms with Crippen molar-refractivity contribution in [1.82, 2.24) is 0 Å². The molecule has 0 atom stereocenters. The van der Waals surface area contributed by atoms with Crippen molar-refractivity contribution >= 4 is 12.6 Å². The molecule has 0 aliphatic carbocycles. The first-order valence-corrected chi connectivity index (χ1v) is 2.65. The van der Waals surface area contributed by atoms with Crippen molar-refractivity contribution in [1.29, 1.82) is 0 Å². The second kappa shape index (κ2) is 3.36. The quantitative estimate of drug-likeness (QED) is 0.361. The van der Waals surface area contributed by atoms with Crippen LogP contribution in [0.2, 0.25) is 0 Å². The van der Waals surface area contributed by atoms with E-state index in [1.807, 2.05) is 13.8 Å². The zero-order valence-corrected chi connectivity index (χ0v) is 5.68. The molecule has 0 unspecified atom stereocenters. The summed E-state index contributed by atoms with van der Waals surface area (Å²) < 4.78 is 0. The second-order valence-corrected chi connectivity index (χ2v) is 1.89. The molecular weight excluding hydrogens is 100 g/mol. The number of rotatable bonds is 1. The summed E-state index contributed by atoms with van der Waals surface area (Å²) in [6.45, 7) is 7.45. The van der Waals surface area contributed by atoms with E-state index >= 15 is 0 Å². The molecule has 0 rings (SSSR count). The molecule has 8 heavy (non-hydrogen) atoms. The van der Waals surface area contributed by atoms with E-state index in [-0.39, 0.29) is 0 Å². The van der Waals surface area contributed by atoms with Gasteiger partial charge in [0.15, 0.2) is 0 Å². The van der Waals surface area contributed by atoms with Gasteiger partial charge in [-0.15, -0.1) is 0 Å². The van der Waals surface area contributed by atoms with Gasteiger partial charge in [0.2, 0.25) is 0 Å². The summed E-state index contributed by atoms with van der Waals surface area (Å²) in [4.78, 5) is 7.60. The minimum Gasteiger partial charge on any atom is -0.274 e. The number of hydrogen-bond donors (Lipinski definition) is 0. The Morgan fingerprint density at radius 3 is 2.00 bits per heavy atom. The normalized spacial score (nSPS) is 12.2. The standard InChI is InChI=1S/C6H12N2/c1-5(2)6(7-3)8-4/h5H,3H2,1-2,4H3. The Kier molecular flexibility index (Phi) is 3.08. The first-order chi connectivity index (χ1) is 3.72. The lowest BCUT2D eigenvalue weighted by molar-refractivity contribution is 0.871. The van der Waals surface area contributed by atoms with Crippen LogP contribution in [0.3, 0.4) is 0 Å². The lowest BCUT2D eigenvalue weighted by Crippen LogP contribution is -2.02. The molecule has 2 heteroatoms. The fourth-order valence-corrected chi connectivity index (χ4v) is 0.511. The molecule has 0 N–H and O–H groups in total. The average molecular weight is 112 g/mol. The van der Waals surface area contributed by atoms with Gasteiger partial charge in [-0.25, -0.2) is 4.99 Å². The van der Waals surface area contributed by atoms with Crippen molar-refractivity contribution < 1.29 is 0 Å². The fourth-order valence-electron chi connectivity index (χ4n) is 0.511. The summed E-state index contributed by atoms with van der Waals surface area (Å²) in [5.41, 5.74) is 0. The Labute approximate surface area is 50.4 Å². The van der Waals surface area contributed by atoms with E-state index in [0.717, 1.165) is 5.84 Å². The van der Waals surface area contributed by atoms with Crippen molar-refractivity contribution in [3.63, 3.8) is 0 Å². The Hall–Kier alpha value is -0.660. The van der Waals surface area contributed by atoms with Crippen LogP contribution in [-0.2, 0) is 0 Å². The topological polar surface area (TPSA) is 24.7 Å². The smallest absolute Gasteiger partial charge is 0.124 e. The number of hydrogen-bond acceptors (Lipinski definition) is 1. The van der Waals surface area contributed by atoms with Gasteiger partial charge in [0.05, 0.1) is 0 Å². The number of nitrogens with zero attached hydrogens (tertiary/aromatic N) is 2. The molecule has 0 aromatic carbocycles. The van der Waals surface area contributed by atoms with Crippen molar-refractivity contribution in [3.05, 3.63) is 0 Å². The monoisotopic (exact) mass is 112 g/mol. The van der Waals surface area contributed by atoms with Crippen LogP contribution >= 0.6 is 0 Å². The van der Waals surface area contributed by atoms with Crippen LogP contribution in [0.4, 0.5) is 0 Å². The van der Waals surface area contributed by atoms with Gasteiger partial charge in [-0.3, -0.25) is 4.99 Å². The number of aliphatic imine (C=N–C) groups is 2. The van der Waals surface area contributed by atoms with Crippen LogP contribution < -0.4 is 0 Å². The molecular formula is C6H12N2. The SMILES string of the molecule is C=NC(=NC)C(C)C. The highest BCUT2D eigenvalue weighted by Gasteiger charge is 1.97. The molecule has 0 aliphatic rings. The van der Waals surface area contributed by atoms with Gasteiger partial charge in [0.25, 0.3) is 0 Å². The summed E-state index contributed by atoms with van der Waals surface area (Å²) in [7, 11) is 1.73. The summed E-state index contributed by atoms with van der Waals surface area (Å²) >= 11 is 0. The molecule has 0 saturated heterocycles. The van der Waals surface area contributed by atoms with Gasteiger partial charge in [-0.2, -0.15) is 0 Å². The Morgan fingerprint density at radius 1 is 1.50 bits per heavy atom. The van der Waals surface area contributed by atoms with Gasteiger partial charge in [0.1, 0.15) is 5.84 Å². The predicted molar refractivity (Wildman–Crippen MR) is 37.7 cm³/mol. The lowest BCUT2D eigenvalue weighted by atomic mass is 10.2. The molecule has 0 bridgehead atoms. The van der Waals surface area contributed by atoms with Gasteiger partial charge in [0, 0.05) is 13.0 Å². The molecule has 0 radical (unpaired) electrons. The Bertz CT molecular complexity index is 103. The first-order valence-electron chi connectivity index (χ1n) is 2.65. The van der Waals surface area contributed by atoms with Crippen molar-refractivity contribution in [2.75, 3.05) is 7.05 Å². The van der Waals surface area contributed by atoms with E-state index in [9.17, 15) is 0 Å². The molecule has 0 aliphatic heterocycles. The van der Waals surface area contributed by atoms with E-state index in [2.05, 4.69) is 16.7 Å². The zero-order valence-electron chi connectivity index (χ0n) is 5.68. The zero-order chi connectivity index (χ0) is 6.57. The van der Waals surface area contributed by atoms with Gasteiger partial charge < -0.3 is 0 Å². The minimum atomic E-state index is 0.400. The maximum atomic E-state index is 3.89. The van der Waals surface area contributed by atoms with Crippen molar-refractivity contribution in [2.24, 2.45) is 15.9 Å². The lowest BCUT2D eigenvalue weighted by Gasteiger charge is -1.99. The molecule has 0 aromatic heterocycles. The number of amidine groups is 1. The van der Waals surface area contributed by atoms with Crippen LogP contribution in [0.15, 0.2) is 9.98 Å². The van der Waals surface area contributed by atoms with E-state index in [1.165, 1.54) is 0 Å². The predicted octanol–water partition coefficient (Wildman–Crippen LogP) is 1.37. The fraction of sp³-hybridized carbons (Fsp3) is 0.667. The Morgan fingerprint density at radius 2 is 2.00 bits per heavy atom.